The third-order valence-electron chi connectivity index (χ3n) is 3.30. The molecular weight excluding hydrogens is 279 g/mol. The van der Waals surface area contributed by atoms with Gasteiger partial charge in [0.2, 0.25) is 0 Å². The number of aromatic nitrogens is 2. The summed E-state index contributed by atoms with van der Waals surface area (Å²) in [5, 5.41) is 1.05. The number of benzene rings is 2. The van der Waals surface area contributed by atoms with Crippen LogP contribution < -0.4 is 0 Å². The van der Waals surface area contributed by atoms with E-state index in [1.807, 2.05) is 0 Å². The molecule has 0 aliphatic rings. The summed E-state index contributed by atoms with van der Waals surface area (Å²) in [4.78, 5) is 7.83. The third kappa shape index (κ3) is 2.22. The van der Waals surface area contributed by atoms with Gasteiger partial charge in [-0.3, -0.25) is 0 Å². The Morgan fingerprint density at radius 3 is 2.42 bits per heavy atom. The molecular formula is C15H12Cl2N2. The van der Waals surface area contributed by atoms with Gasteiger partial charge in [0.1, 0.15) is 5.82 Å². The number of hydrogen-bond donors (Lipinski definition) is 1. The molecule has 96 valence electrons. The van der Waals surface area contributed by atoms with Crippen molar-refractivity contribution in [3.05, 3.63) is 51.5 Å². The molecule has 0 saturated carbocycles. The van der Waals surface area contributed by atoms with E-state index < -0.39 is 0 Å². The van der Waals surface area contributed by atoms with E-state index in [9.17, 15) is 0 Å². The Morgan fingerprint density at radius 2 is 1.68 bits per heavy atom. The van der Waals surface area contributed by atoms with E-state index in [1.165, 1.54) is 11.1 Å². The SMILES string of the molecule is Cc1ccc(-c2nc3cc(Cl)c(Cl)cc3[nH]2)cc1C. The Bertz CT molecular complexity index is 736. The first kappa shape index (κ1) is 12.5. The van der Waals surface area contributed by atoms with Gasteiger partial charge in [-0.25, -0.2) is 4.98 Å². The summed E-state index contributed by atoms with van der Waals surface area (Å²) >= 11 is 12.0. The molecule has 0 aliphatic heterocycles. The van der Waals surface area contributed by atoms with E-state index in [-0.39, 0.29) is 0 Å². The number of imidazole rings is 1. The molecule has 0 saturated heterocycles. The highest BCUT2D eigenvalue weighted by molar-refractivity contribution is 6.42. The number of hydrogen-bond acceptors (Lipinski definition) is 1. The molecule has 1 heterocycles. The van der Waals surface area contributed by atoms with Crippen LogP contribution in [0.5, 0.6) is 0 Å². The number of rotatable bonds is 1. The molecule has 0 atom stereocenters. The van der Waals surface area contributed by atoms with Gasteiger partial charge in [-0.1, -0.05) is 35.3 Å². The molecule has 0 spiro atoms. The third-order valence-corrected chi connectivity index (χ3v) is 4.03. The molecule has 3 aromatic rings. The van der Waals surface area contributed by atoms with Gasteiger partial charge in [0.15, 0.2) is 0 Å². The van der Waals surface area contributed by atoms with Crippen LogP contribution in [0.1, 0.15) is 11.1 Å². The summed E-state index contributed by atoms with van der Waals surface area (Å²) in [6.45, 7) is 4.19. The maximum absolute atomic E-state index is 6.01. The van der Waals surface area contributed by atoms with Crippen LogP contribution in [0.4, 0.5) is 0 Å². The van der Waals surface area contributed by atoms with Gasteiger partial charge < -0.3 is 4.98 Å². The van der Waals surface area contributed by atoms with Crippen LogP contribution in [0.15, 0.2) is 30.3 Å². The van der Waals surface area contributed by atoms with E-state index >= 15 is 0 Å². The molecule has 1 aromatic heterocycles. The van der Waals surface area contributed by atoms with Gasteiger partial charge in [-0.15, -0.1) is 0 Å². The van der Waals surface area contributed by atoms with E-state index in [0.29, 0.717) is 10.0 Å². The lowest BCUT2D eigenvalue weighted by Crippen LogP contribution is -1.84. The molecule has 0 fully saturated rings. The van der Waals surface area contributed by atoms with Crippen molar-refractivity contribution >= 4 is 34.2 Å². The van der Waals surface area contributed by atoms with Crippen molar-refractivity contribution in [2.24, 2.45) is 0 Å². The van der Waals surface area contributed by atoms with E-state index in [1.54, 1.807) is 12.1 Å². The zero-order valence-corrected chi connectivity index (χ0v) is 12.1. The molecule has 2 aromatic carbocycles. The highest BCUT2D eigenvalue weighted by Crippen LogP contribution is 2.29. The normalized spacial score (nSPS) is 11.2. The summed E-state index contributed by atoms with van der Waals surface area (Å²) in [5.74, 6) is 0.830. The predicted molar refractivity (Wildman–Crippen MR) is 81.0 cm³/mol. The predicted octanol–water partition coefficient (Wildman–Crippen LogP) is 5.15. The second-order valence-corrected chi connectivity index (χ2v) is 5.48. The van der Waals surface area contributed by atoms with Crippen molar-refractivity contribution in [1.29, 1.82) is 0 Å². The van der Waals surface area contributed by atoms with Crippen LogP contribution in [0.25, 0.3) is 22.4 Å². The van der Waals surface area contributed by atoms with Gasteiger partial charge in [-0.2, -0.15) is 0 Å². The zero-order valence-electron chi connectivity index (χ0n) is 10.6. The Balaban J connectivity index is 2.17. The number of aryl methyl sites for hydroxylation is 2. The average molecular weight is 291 g/mol. The second-order valence-electron chi connectivity index (χ2n) is 4.67. The molecule has 2 nitrogen and oxygen atoms in total. The Labute approximate surface area is 121 Å². The van der Waals surface area contributed by atoms with E-state index in [4.69, 9.17) is 23.2 Å². The van der Waals surface area contributed by atoms with Crippen LogP contribution in [0.2, 0.25) is 10.0 Å². The lowest BCUT2D eigenvalue weighted by Gasteiger charge is -2.02. The summed E-state index contributed by atoms with van der Waals surface area (Å²) in [6, 6.07) is 9.86. The maximum Gasteiger partial charge on any atom is 0.138 e. The first-order chi connectivity index (χ1) is 9.04. The fourth-order valence-corrected chi connectivity index (χ4v) is 2.35. The fraction of sp³-hybridized carbons (Fsp3) is 0.133. The molecule has 0 aliphatic carbocycles. The maximum atomic E-state index is 6.01. The molecule has 0 amide bonds. The van der Waals surface area contributed by atoms with Crippen molar-refractivity contribution in [2.75, 3.05) is 0 Å². The van der Waals surface area contributed by atoms with Crippen molar-refractivity contribution < 1.29 is 0 Å². The van der Waals surface area contributed by atoms with Crippen LogP contribution in [0.3, 0.4) is 0 Å². The molecule has 4 heteroatoms. The van der Waals surface area contributed by atoms with E-state index in [0.717, 1.165) is 22.4 Å². The quantitative estimate of drug-likeness (QED) is 0.659. The summed E-state index contributed by atoms with van der Waals surface area (Å²) in [5.41, 5.74) is 5.29. The van der Waals surface area contributed by atoms with Crippen molar-refractivity contribution in [3.63, 3.8) is 0 Å². The molecule has 0 bridgehead atoms. The Morgan fingerprint density at radius 1 is 0.947 bits per heavy atom. The largest absolute Gasteiger partial charge is 0.338 e. The number of nitrogens with zero attached hydrogens (tertiary/aromatic N) is 1. The molecule has 3 rings (SSSR count). The topological polar surface area (TPSA) is 28.7 Å². The summed E-state index contributed by atoms with van der Waals surface area (Å²) in [7, 11) is 0. The van der Waals surface area contributed by atoms with E-state index in [2.05, 4.69) is 42.0 Å². The number of H-pyrrole nitrogens is 1. The zero-order chi connectivity index (χ0) is 13.6. The summed E-state index contributed by atoms with van der Waals surface area (Å²) < 4.78 is 0. The molecule has 19 heavy (non-hydrogen) atoms. The Hall–Kier alpha value is -1.51. The first-order valence-electron chi connectivity index (χ1n) is 5.97. The monoisotopic (exact) mass is 290 g/mol. The van der Waals surface area contributed by atoms with Gasteiger partial charge in [-0.05, 0) is 43.2 Å². The lowest BCUT2D eigenvalue weighted by atomic mass is 10.1. The fourth-order valence-electron chi connectivity index (χ4n) is 2.03. The van der Waals surface area contributed by atoms with Crippen molar-refractivity contribution in [3.8, 4) is 11.4 Å². The number of fused-ring (bicyclic) bond motifs is 1. The molecule has 1 N–H and O–H groups in total. The minimum atomic E-state index is 0.521. The minimum Gasteiger partial charge on any atom is -0.338 e. The molecule has 0 radical (unpaired) electrons. The Kier molecular flexibility index (Phi) is 3.00. The highest BCUT2D eigenvalue weighted by atomic mass is 35.5. The van der Waals surface area contributed by atoms with Crippen molar-refractivity contribution in [2.45, 2.75) is 13.8 Å². The second kappa shape index (κ2) is 4.55. The van der Waals surface area contributed by atoms with Crippen molar-refractivity contribution in [1.82, 2.24) is 9.97 Å². The smallest absolute Gasteiger partial charge is 0.138 e. The van der Waals surface area contributed by atoms with Crippen LogP contribution in [0, 0.1) is 13.8 Å². The molecule has 0 unspecified atom stereocenters. The number of nitrogens with one attached hydrogen (secondary N) is 1. The van der Waals surface area contributed by atoms with Crippen LogP contribution >= 0.6 is 23.2 Å². The van der Waals surface area contributed by atoms with Gasteiger partial charge in [0.25, 0.3) is 0 Å². The first-order valence-corrected chi connectivity index (χ1v) is 6.72. The van der Waals surface area contributed by atoms with Crippen LogP contribution in [-0.4, -0.2) is 9.97 Å². The number of aromatic amines is 1. The highest BCUT2D eigenvalue weighted by Gasteiger charge is 2.08. The van der Waals surface area contributed by atoms with Crippen LogP contribution in [-0.2, 0) is 0 Å². The number of halogens is 2. The van der Waals surface area contributed by atoms with Gasteiger partial charge >= 0.3 is 0 Å². The summed E-state index contributed by atoms with van der Waals surface area (Å²) in [6.07, 6.45) is 0. The minimum absolute atomic E-state index is 0.521. The standard InChI is InChI=1S/C15H12Cl2N2/c1-8-3-4-10(5-9(8)2)15-18-13-6-11(16)12(17)7-14(13)19-15/h3-7H,1-2H3,(H,18,19). The van der Waals surface area contributed by atoms with Gasteiger partial charge in [0.05, 0.1) is 21.1 Å². The van der Waals surface area contributed by atoms with Gasteiger partial charge in [0, 0.05) is 5.56 Å². The average Bonchev–Trinajstić information content (AvgIpc) is 2.76. The lowest BCUT2D eigenvalue weighted by molar-refractivity contribution is 1.29.